The number of β-amino-alcohol motifs (C(OH)–C–C–N with tert-alkyl or cyclic N) is 1. The minimum absolute atomic E-state index is 0.162. The molecule has 3 heterocycles. The minimum Gasteiger partial charge on any atom is -0.466 e. The molecular weight excluding hydrogens is 426 g/mol. The summed E-state index contributed by atoms with van der Waals surface area (Å²) in [5.74, 6) is 1.28. The lowest BCUT2D eigenvalue weighted by atomic mass is 10.1. The number of nitrogens with zero attached hydrogens (tertiary/aromatic N) is 4. The van der Waals surface area contributed by atoms with Crippen LogP contribution in [0.2, 0.25) is 0 Å². The van der Waals surface area contributed by atoms with E-state index in [0.29, 0.717) is 11.6 Å². The van der Waals surface area contributed by atoms with Gasteiger partial charge in [-0.05, 0) is 62.7 Å². The Morgan fingerprint density at radius 2 is 2.16 bits per heavy atom. The third-order valence-electron chi connectivity index (χ3n) is 6.21. The zero-order chi connectivity index (χ0) is 22.1. The summed E-state index contributed by atoms with van der Waals surface area (Å²) in [6.07, 6.45) is 3.99. The van der Waals surface area contributed by atoms with Gasteiger partial charge in [-0.1, -0.05) is 0 Å². The zero-order valence-corrected chi connectivity index (χ0v) is 19.3. The van der Waals surface area contributed by atoms with Crippen molar-refractivity contribution in [1.29, 1.82) is 0 Å². The Kier molecular flexibility index (Phi) is 5.98. The molecular formula is C23H29N5O3S. The summed E-state index contributed by atoms with van der Waals surface area (Å²) in [6, 6.07) is 6.39. The number of aromatic nitrogens is 3. The van der Waals surface area contributed by atoms with Crippen LogP contribution in [0.1, 0.15) is 31.4 Å². The van der Waals surface area contributed by atoms with Crippen LogP contribution in [-0.2, 0) is 4.74 Å². The summed E-state index contributed by atoms with van der Waals surface area (Å²) < 4.78 is 12.2. The van der Waals surface area contributed by atoms with E-state index < -0.39 is 5.60 Å². The van der Waals surface area contributed by atoms with Gasteiger partial charge in [-0.3, -0.25) is 4.90 Å². The van der Waals surface area contributed by atoms with Gasteiger partial charge in [-0.2, -0.15) is 0 Å². The summed E-state index contributed by atoms with van der Waals surface area (Å²) in [6.45, 7) is 4.79. The summed E-state index contributed by atoms with van der Waals surface area (Å²) in [5.41, 5.74) is 1.90. The van der Waals surface area contributed by atoms with Crippen LogP contribution in [0, 0.1) is 6.92 Å². The number of piperidine rings is 1. The molecule has 3 aromatic rings. The molecule has 8 nitrogen and oxygen atoms in total. The van der Waals surface area contributed by atoms with Crippen LogP contribution < -0.4 is 10.1 Å². The molecule has 2 fully saturated rings. The van der Waals surface area contributed by atoms with Crippen LogP contribution in [0.4, 0.5) is 5.95 Å². The smallest absolute Gasteiger partial charge is 0.243 e. The highest BCUT2D eigenvalue weighted by Gasteiger charge is 2.42. The quantitative estimate of drug-likeness (QED) is 0.499. The van der Waals surface area contributed by atoms with Crippen LogP contribution in [0.5, 0.6) is 5.75 Å². The fourth-order valence-electron chi connectivity index (χ4n) is 4.41. The Morgan fingerprint density at radius 1 is 1.28 bits per heavy atom. The lowest BCUT2D eigenvalue weighted by molar-refractivity contribution is 0.0526. The van der Waals surface area contributed by atoms with E-state index in [1.807, 2.05) is 24.4 Å². The summed E-state index contributed by atoms with van der Waals surface area (Å²) in [5, 5.41) is 25.7. The standard InChI is InChI=1S/C23H29N5O3S/c1-15-20(18-5-6-19-17(7-11-32-19)21(18)31-14-30-2)26-27-22(24-15)25-16-4-3-10-28(12-16)13-23(29)8-9-23/h5-7,11,16,29H,3-4,8-10,12-14H2,1-2H3,(H,24,25,27)/t16-/m1/s1. The van der Waals surface area contributed by atoms with Crippen molar-refractivity contribution >= 4 is 27.4 Å². The van der Waals surface area contributed by atoms with Crippen molar-refractivity contribution in [3.05, 3.63) is 29.3 Å². The Labute approximate surface area is 191 Å². The van der Waals surface area contributed by atoms with Crippen molar-refractivity contribution in [2.45, 2.75) is 44.2 Å². The Bertz CT molecular complexity index is 1100. The molecule has 0 amide bonds. The number of hydrogen-bond donors (Lipinski definition) is 2. The molecule has 2 aliphatic rings. The number of nitrogens with one attached hydrogen (secondary N) is 1. The second-order valence-corrected chi connectivity index (χ2v) is 9.79. The number of hydrogen-bond acceptors (Lipinski definition) is 9. The van der Waals surface area contributed by atoms with Crippen molar-refractivity contribution in [1.82, 2.24) is 20.1 Å². The molecule has 0 spiro atoms. The van der Waals surface area contributed by atoms with Crippen molar-refractivity contribution in [3.63, 3.8) is 0 Å². The summed E-state index contributed by atoms with van der Waals surface area (Å²) >= 11 is 1.67. The molecule has 1 saturated carbocycles. The molecule has 1 atom stereocenters. The molecule has 170 valence electrons. The van der Waals surface area contributed by atoms with Crippen LogP contribution in [0.3, 0.4) is 0 Å². The van der Waals surface area contributed by atoms with Gasteiger partial charge in [-0.25, -0.2) is 4.98 Å². The average molecular weight is 456 g/mol. The highest BCUT2D eigenvalue weighted by molar-refractivity contribution is 7.17. The topological polar surface area (TPSA) is 92.6 Å². The van der Waals surface area contributed by atoms with E-state index in [4.69, 9.17) is 14.5 Å². The third-order valence-corrected chi connectivity index (χ3v) is 7.09. The molecule has 1 aromatic carbocycles. The molecule has 9 heteroatoms. The maximum absolute atomic E-state index is 10.2. The first-order valence-corrected chi connectivity index (χ1v) is 12.0. The van der Waals surface area contributed by atoms with Gasteiger partial charge in [0, 0.05) is 41.9 Å². The maximum atomic E-state index is 10.2. The Hall–Kier alpha value is -2.33. The molecule has 32 heavy (non-hydrogen) atoms. The van der Waals surface area contributed by atoms with Gasteiger partial charge in [0.15, 0.2) is 6.79 Å². The molecule has 5 rings (SSSR count). The Morgan fingerprint density at radius 3 is 2.94 bits per heavy atom. The number of fused-ring (bicyclic) bond motifs is 1. The van der Waals surface area contributed by atoms with Gasteiger partial charge in [-0.15, -0.1) is 21.5 Å². The highest BCUT2D eigenvalue weighted by Crippen LogP contribution is 2.39. The van der Waals surface area contributed by atoms with E-state index in [1.165, 1.54) is 0 Å². The second-order valence-electron chi connectivity index (χ2n) is 8.84. The van der Waals surface area contributed by atoms with E-state index >= 15 is 0 Å². The van der Waals surface area contributed by atoms with Gasteiger partial charge >= 0.3 is 0 Å². The maximum Gasteiger partial charge on any atom is 0.243 e. The van der Waals surface area contributed by atoms with Crippen LogP contribution >= 0.6 is 11.3 Å². The normalized spacial score (nSPS) is 20.4. The first kappa shape index (κ1) is 21.5. The van der Waals surface area contributed by atoms with Gasteiger partial charge in [0.1, 0.15) is 11.4 Å². The zero-order valence-electron chi connectivity index (χ0n) is 18.5. The Balaban J connectivity index is 1.34. The van der Waals surface area contributed by atoms with E-state index in [0.717, 1.165) is 72.4 Å². The van der Waals surface area contributed by atoms with Crippen molar-refractivity contribution in [2.75, 3.05) is 38.9 Å². The number of likely N-dealkylation sites (tertiary alicyclic amines) is 1. The molecule has 2 aromatic heterocycles. The fraction of sp³-hybridized carbons (Fsp3) is 0.522. The number of aliphatic hydroxyl groups is 1. The molecule has 2 N–H and O–H groups in total. The number of aryl methyl sites for hydroxylation is 1. The van der Waals surface area contributed by atoms with E-state index in [-0.39, 0.29) is 12.8 Å². The second kappa shape index (κ2) is 8.90. The molecule has 0 unspecified atom stereocenters. The lowest BCUT2D eigenvalue weighted by Crippen LogP contribution is -2.45. The number of anilines is 1. The number of rotatable bonds is 8. The number of benzene rings is 1. The molecule has 1 saturated heterocycles. The van der Waals surface area contributed by atoms with Gasteiger partial charge < -0.3 is 19.9 Å². The number of thiophene rings is 1. The average Bonchev–Trinajstić information content (AvgIpc) is 3.30. The van der Waals surface area contributed by atoms with Crippen LogP contribution in [-0.4, -0.2) is 70.4 Å². The first-order valence-electron chi connectivity index (χ1n) is 11.1. The van der Waals surface area contributed by atoms with Crippen LogP contribution in [0.25, 0.3) is 21.3 Å². The number of ether oxygens (including phenoxy) is 2. The minimum atomic E-state index is -0.454. The summed E-state index contributed by atoms with van der Waals surface area (Å²) in [4.78, 5) is 7.05. The van der Waals surface area contributed by atoms with E-state index in [2.05, 4.69) is 26.5 Å². The highest BCUT2D eigenvalue weighted by atomic mass is 32.1. The summed E-state index contributed by atoms with van der Waals surface area (Å²) in [7, 11) is 1.61. The van der Waals surface area contributed by atoms with Crippen molar-refractivity contribution in [3.8, 4) is 17.0 Å². The third kappa shape index (κ3) is 4.56. The largest absolute Gasteiger partial charge is 0.466 e. The van der Waals surface area contributed by atoms with Crippen molar-refractivity contribution in [2.24, 2.45) is 0 Å². The molecule has 1 aliphatic heterocycles. The van der Waals surface area contributed by atoms with Crippen LogP contribution in [0.15, 0.2) is 23.6 Å². The molecule has 0 bridgehead atoms. The van der Waals surface area contributed by atoms with Gasteiger partial charge in [0.05, 0.1) is 11.3 Å². The predicted molar refractivity (Wildman–Crippen MR) is 125 cm³/mol. The predicted octanol–water partition coefficient (Wildman–Crippen LogP) is 3.45. The van der Waals surface area contributed by atoms with E-state index in [1.54, 1.807) is 18.4 Å². The fourth-order valence-corrected chi connectivity index (χ4v) is 5.19. The van der Waals surface area contributed by atoms with E-state index in [9.17, 15) is 5.11 Å². The monoisotopic (exact) mass is 455 g/mol. The SMILES string of the molecule is COCOc1c(-c2nnc(N[C@@H]3CCCN(CC4(O)CC4)C3)nc2C)ccc2sccc12. The lowest BCUT2D eigenvalue weighted by Gasteiger charge is -2.34. The molecule has 1 aliphatic carbocycles. The first-order chi connectivity index (χ1) is 15.5. The van der Waals surface area contributed by atoms with Gasteiger partial charge in [0.2, 0.25) is 5.95 Å². The van der Waals surface area contributed by atoms with Crippen molar-refractivity contribution < 1.29 is 14.6 Å². The number of methoxy groups -OCH3 is 1. The molecule has 0 radical (unpaired) electrons. The van der Waals surface area contributed by atoms with Gasteiger partial charge in [0.25, 0.3) is 0 Å².